The van der Waals surface area contributed by atoms with Crippen molar-refractivity contribution >= 4 is 160 Å². The molecule has 0 radical (unpaired) electrons. The van der Waals surface area contributed by atoms with Crippen LogP contribution in [0.4, 0.5) is 0 Å². The summed E-state index contributed by atoms with van der Waals surface area (Å²) in [6, 6.07) is 164. The van der Waals surface area contributed by atoms with E-state index in [2.05, 4.69) is 452 Å². The van der Waals surface area contributed by atoms with E-state index in [1.54, 1.807) is 0 Å². The predicted octanol–water partition coefficient (Wildman–Crippen LogP) is 35.1. The fraction of sp³-hybridized carbons (Fsp3) is 0.0233. The SMILES string of the molecule is CC1(C)c2ccccc2-c2cc3c4ccccc4n(-c4nccc(-c5ccc(-c6ccc(-c7ccccc7)cc6)cc5)n4)c3cc21.c1ccc(-c2cc(-c3ccccc3)nc(-n3c4ccc(-c5cccc6c5sc5ccccc56)cc4c4c5sc6ccccc6c5ccc43)n2)cc1.c1ccc(-c2ccc(-c3cc(-c4ccccc4)nc(-n4c5ccccc5c5c6sc7ccccc7c6ccc54)n3)cc2)cc1. The Labute approximate surface area is 824 Å². The molecule has 28 aromatic rings. The summed E-state index contributed by atoms with van der Waals surface area (Å²) in [5.74, 6) is 2.01. The van der Waals surface area contributed by atoms with Crippen LogP contribution in [-0.2, 0) is 5.41 Å². The third-order valence-corrected chi connectivity index (χ3v) is 31.8. The van der Waals surface area contributed by atoms with Crippen LogP contribution >= 0.6 is 34.0 Å². The van der Waals surface area contributed by atoms with Gasteiger partial charge in [-0.05, 0) is 152 Å². The van der Waals surface area contributed by atoms with Gasteiger partial charge in [0.25, 0.3) is 0 Å². The van der Waals surface area contributed by atoms with Crippen LogP contribution in [0.15, 0.2) is 467 Å². The third kappa shape index (κ3) is 14.2. The molecule has 0 fully saturated rings. The van der Waals surface area contributed by atoms with Gasteiger partial charge in [-0.25, -0.2) is 29.9 Å². The minimum Gasteiger partial charge on any atom is -0.278 e. The van der Waals surface area contributed by atoms with Crippen molar-refractivity contribution in [3.63, 3.8) is 0 Å². The minimum absolute atomic E-state index is 0.0896. The van der Waals surface area contributed by atoms with Crippen molar-refractivity contribution in [2.45, 2.75) is 19.3 Å². The average Bonchev–Trinajstić information content (AvgIpc) is 1.56. The van der Waals surface area contributed by atoms with Crippen LogP contribution in [0, 0.1) is 0 Å². The van der Waals surface area contributed by atoms with Crippen molar-refractivity contribution in [2.75, 3.05) is 0 Å². The molecule has 12 heteroatoms. The second-order valence-corrected chi connectivity index (χ2v) is 39.8. The van der Waals surface area contributed by atoms with Gasteiger partial charge in [0.05, 0.1) is 61.6 Å². The van der Waals surface area contributed by atoms with Crippen LogP contribution in [0.1, 0.15) is 25.0 Å². The Bertz CT molecular complexity index is 9750. The number of hydrogen-bond acceptors (Lipinski definition) is 9. The number of hydrogen-bond donors (Lipinski definition) is 0. The number of thiophene rings is 3. The van der Waals surface area contributed by atoms with E-state index in [-0.39, 0.29) is 5.41 Å². The van der Waals surface area contributed by atoms with E-state index < -0.39 is 0 Å². The lowest BCUT2D eigenvalue weighted by Gasteiger charge is -2.21. The molecule has 0 bridgehead atoms. The maximum atomic E-state index is 5.30. The molecule has 0 saturated heterocycles. The highest BCUT2D eigenvalue weighted by Crippen LogP contribution is 2.53. The van der Waals surface area contributed by atoms with Gasteiger partial charge in [-0.3, -0.25) is 13.7 Å². The predicted molar refractivity (Wildman–Crippen MR) is 594 cm³/mol. The molecule has 1 aliphatic rings. The summed E-state index contributed by atoms with van der Waals surface area (Å²) < 4.78 is 14.6. The van der Waals surface area contributed by atoms with Crippen LogP contribution in [-0.4, -0.2) is 43.6 Å². The molecule has 662 valence electrons. The number of para-hydroxylation sites is 2. The molecule has 19 aromatic carbocycles. The molecule has 0 N–H and O–H groups in total. The highest BCUT2D eigenvalue weighted by atomic mass is 32.1. The van der Waals surface area contributed by atoms with Crippen LogP contribution in [0.25, 0.3) is 256 Å². The first-order chi connectivity index (χ1) is 69.7. The molecule has 9 aromatic heterocycles. The van der Waals surface area contributed by atoms with Gasteiger partial charge in [0.1, 0.15) is 0 Å². The second kappa shape index (κ2) is 34.0. The minimum atomic E-state index is -0.0896. The van der Waals surface area contributed by atoms with Gasteiger partial charge in [0.15, 0.2) is 0 Å². The maximum Gasteiger partial charge on any atom is 0.235 e. The molecular weight excluding hydrogens is 1770 g/mol. The zero-order chi connectivity index (χ0) is 93.3. The van der Waals surface area contributed by atoms with Crippen molar-refractivity contribution in [2.24, 2.45) is 0 Å². The third-order valence-electron chi connectivity index (χ3n) is 28.2. The van der Waals surface area contributed by atoms with Crippen LogP contribution in [0.3, 0.4) is 0 Å². The average molecular weight is 1860 g/mol. The molecular formula is C129H83N9S3. The Morgan fingerprint density at radius 2 is 0.532 bits per heavy atom. The van der Waals surface area contributed by atoms with Crippen molar-refractivity contribution in [1.29, 1.82) is 0 Å². The van der Waals surface area contributed by atoms with E-state index in [1.165, 1.54) is 160 Å². The number of rotatable bonds is 12. The Morgan fingerprint density at radius 3 is 1.04 bits per heavy atom. The number of fused-ring (bicyclic) bond motifs is 23. The first-order valence-electron chi connectivity index (χ1n) is 47.7. The van der Waals surface area contributed by atoms with Gasteiger partial charge < -0.3 is 0 Å². The Balaban J connectivity index is 0.000000106. The first-order valence-corrected chi connectivity index (χ1v) is 50.1. The van der Waals surface area contributed by atoms with Gasteiger partial charge in [0.2, 0.25) is 17.8 Å². The van der Waals surface area contributed by atoms with Gasteiger partial charge in [-0.15, -0.1) is 34.0 Å². The molecule has 0 spiro atoms. The van der Waals surface area contributed by atoms with E-state index in [0.29, 0.717) is 17.8 Å². The lowest BCUT2D eigenvalue weighted by atomic mass is 9.82. The number of nitrogens with zero attached hydrogens (tertiary/aromatic N) is 9. The first kappa shape index (κ1) is 82.9. The summed E-state index contributed by atoms with van der Waals surface area (Å²) in [7, 11) is 0. The zero-order valence-electron chi connectivity index (χ0n) is 76.7. The summed E-state index contributed by atoms with van der Waals surface area (Å²) in [5.41, 5.74) is 31.4. The molecule has 29 rings (SSSR count). The van der Waals surface area contributed by atoms with E-state index in [4.69, 9.17) is 29.9 Å². The second-order valence-electron chi connectivity index (χ2n) is 36.7. The largest absolute Gasteiger partial charge is 0.278 e. The molecule has 9 nitrogen and oxygen atoms in total. The van der Waals surface area contributed by atoms with Crippen molar-refractivity contribution in [1.82, 2.24) is 43.6 Å². The van der Waals surface area contributed by atoms with Crippen molar-refractivity contribution in [3.8, 4) is 130 Å². The van der Waals surface area contributed by atoms with Crippen LogP contribution in [0.5, 0.6) is 0 Å². The monoisotopic (exact) mass is 1850 g/mol. The summed E-state index contributed by atoms with van der Waals surface area (Å²) in [5, 5.41) is 15.1. The normalized spacial score (nSPS) is 12.2. The van der Waals surface area contributed by atoms with E-state index >= 15 is 0 Å². The van der Waals surface area contributed by atoms with E-state index in [0.717, 1.165) is 89.4 Å². The quantitative estimate of drug-likeness (QED) is 0.121. The van der Waals surface area contributed by atoms with Crippen LogP contribution in [0.2, 0.25) is 0 Å². The molecule has 9 heterocycles. The number of aromatic nitrogens is 9. The molecule has 1 aliphatic carbocycles. The highest BCUT2D eigenvalue weighted by molar-refractivity contribution is 7.27. The molecule has 0 saturated carbocycles. The highest BCUT2D eigenvalue weighted by Gasteiger charge is 2.37. The van der Waals surface area contributed by atoms with Gasteiger partial charge >= 0.3 is 0 Å². The number of benzene rings is 19. The molecule has 0 aliphatic heterocycles. The molecule has 0 atom stereocenters. The van der Waals surface area contributed by atoms with Gasteiger partial charge in [0, 0.05) is 132 Å². The lowest BCUT2D eigenvalue weighted by molar-refractivity contribution is 0.661. The fourth-order valence-electron chi connectivity index (χ4n) is 21.4. The molecule has 0 unspecified atom stereocenters. The molecule has 0 amide bonds. The van der Waals surface area contributed by atoms with Crippen LogP contribution < -0.4 is 0 Å². The summed E-state index contributed by atoms with van der Waals surface area (Å²) in [4.78, 5) is 31.0. The summed E-state index contributed by atoms with van der Waals surface area (Å²) >= 11 is 5.61. The zero-order valence-corrected chi connectivity index (χ0v) is 79.2. The smallest absolute Gasteiger partial charge is 0.235 e. The summed E-state index contributed by atoms with van der Waals surface area (Å²) in [6.45, 7) is 4.66. The standard InChI is InChI=1S/C46H27N3S2.C43H31N3.C40H25N3S/c1-3-12-28(13-4-1)37-27-38(29-14-5-2-6-15-29)48-46(47-37)49-39-24-22-30(31-18-11-19-34-32-16-7-9-20-41(32)50-44(31)34)26-36(39)43-40(49)25-23-35-33-17-8-10-21-42(33)51-45(35)43;1-43(2)37-14-8-6-12-33(37)35-26-36-34-13-7-9-15-40(34)46(41(36)27-38(35)43)42-44-25-24-39(45-42)32-22-20-31(21-23-32)30-18-16-29(17-19-30)28-10-4-3-5-11-28;1-3-11-26(12-4-1)27-19-21-29(22-20-27)34-25-33(28-13-5-2-6-14-28)41-40(42-34)43-35-17-9-7-16-32(35)38-36(43)24-23-31-30-15-8-10-18-37(30)44-39(31)38/h1-27H;3-27H,1-2H3;1-25H. The van der Waals surface area contributed by atoms with E-state index in [9.17, 15) is 0 Å². The van der Waals surface area contributed by atoms with Crippen molar-refractivity contribution < 1.29 is 0 Å². The molecule has 141 heavy (non-hydrogen) atoms. The lowest BCUT2D eigenvalue weighted by Crippen LogP contribution is -2.15. The van der Waals surface area contributed by atoms with Crippen molar-refractivity contribution in [3.05, 3.63) is 478 Å². The fourth-order valence-corrected chi connectivity index (χ4v) is 25.1. The topological polar surface area (TPSA) is 92.1 Å². The Morgan fingerprint density at radius 1 is 0.191 bits per heavy atom. The Hall–Kier alpha value is -17.5. The van der Waals surface area contributed by atoms with Gasteiger partial charge in [-0.2, -0.15) is 0 Å². The van der Waals surface area contributed by atoms with E-state index in [1.807, 2.05) is 76.6 Å². The maximum absolute atomic E-state index is 5.30. The Kier molecular flexibility index (Phi) is 20.0. The summed E-state index contributed by atoms with van der Waals surface area (Å²) in [6.07, 6.45) is 1.88. The van der Waals surface area contributed by atoms with Gasteiger partial charge in [-0.1, -0.05) is 390 Å².